The van der Waals surface area contributed by atoms with Crippen LogP contribution >= 0.6 is 0 Å². The maximum absolute atomic E-state index is 13.7. The van der Waals surface area contributed by atoms with E-state index in [-0.39, 0.29) is 23.9 Å². The van der Waals surface area contributed by atoms with Crippen LogP contribution in [0.1, 0.15) is 31.5 Å². The van der Waals surface area contributed by atoms with Gasteiger partial charge < -0.3 is 15.0 Å². The Hall–Kier alpha value is -2.70. The summed E-state index contributed by atoms with van der Waals surface area (Å²) in [6.45, 7) is 2.90. The zero-order valence-corrected chi connectivity index (χ0v) is 14.5. The molecule has 1 aromatic carbocycles. The third-order valence-corrected chi connectivity index (χ3v) is 4.39. The first kappa shape index (κ1) is 18.1. The van der Waals surface area contributed by atoms with Gasteiger partial charge in [-0.2, -0.15) is 0 Å². The van der Waals surface area contributed by atoms with E-state index < -0.39 is 11.6 Å². The summed E-state index contributed by atoms with van der Waals surface area (Å²) in [5.74, 6) is -1.31. The number of hydrogen-bond acceptors (Lipinski definition) is 3. The van der Waals surface area contributed by atoms with Gasteiger partial charge in [0.25, 0.3) is 0 Å². The van der Waals surface area contributed by atoms with E-state index in [2.05, 4.69) is 10.3 Å². The molecule has 1 atom stereocenters. The Morgan fingerprint density at radius 2 is 2.04 bits per heavy atom. The Labute approximate surface area is 151 Å². The van der Waals surface area contributed by atoms with E-state index in [4.69, 9.17) is 4.74 Å². The van der Waals surface area contributed by atoms with Crippen molar-refractivity contribution < 1.29 is 18.3 Å². The number of nitrogens with one attached hydrogen (secondary N) is 1. The molecule has 0 saturated carbocycles. The molecule has 2 amide bonds. The number of likely N-dealkylation sites (tertiary alicyclic amines) is 1. The van der Waals surface area contributed by atoms with Gasteiger partial charge in [-0.05, 0) is 31.2 Å². The van der Waals surface area contributed by atoms with Crippen molar-refractivity contribution in [2.45, 2.75) is 31.9 Å². The average Bonchev–Trinajstić information content (AvgIpc) is 2.65. The number of hydrogen-bond donors (Lipinski definition) is 1. The Kier molecular flexibility index (Phi) is 5.65. The minimum Gasteiger partial charge on any atom is -0.487 e. The molecule has 1 unspecified atom stereocenters. The lowest BCUT2D eigenvalue weighted by Gasteiger charge is -2.33. The van der Waals surface area contributed by atoms with Gasteiger partial charge in [0.15, 0.2) is 11.6 Å². The second-order valence-electron chi connectivity index (χ2n) is 6.30. The van der Waals surface area contributed by atoms with E-state index in [0.29, 0.717) is 25.9 Å². The number of piperidine rings is 1. The normalized spacial score (nSPS) is 16.2. The van der Waals surface area contributed by atoms with Crippen LogP contribution in [0.5, 0.6) is 5.75 Å². The van der Waals surface area contributed by atoms with Crippen LogP contribution in [0.2, 0.25) is 0 Å². The van der Waals surface area contributed by atoms with Crippen LogP contribution in [-0.2, 0) is 0 Å². The van der Waals surface area contributed by atoms with Crippen LogP contribution in [0.15, 0.2) is 42.6 Å². The minimum atomic E-state index is -0.714. The van der Waals surface area contributed by atoms with Gasteiger partial charge in [-0.1, -0.05) is 6.07 Å². The number of benzene rings is 1. The van der Waals surface area contributed by atoms with Crippen molar-refractivity contribution in [3.05, 3.63) is 59.9 Å². The van der Waals surface area contributed by atoms with Crippen LogP contribution in [0.3, 0.4) is 0 Å². The van der Waals surface area contributed by atoms with Crippen LogP contribution < -0.4 is 10.1 Å². The highest BCUT2D eigenvalue weighted by Crippen LogP contribution is 2.23. The van der Waals surface area contributed by atoms with Gasteiger partial charge in [-0.15, -0.1) is 0 Å². The molecule has 26 heavy (non-hydrogen) atoms. The smallest absolute Gasteiger partial charge is 0.317 e. The summed E-state index contributed by atoms with van der Waals surface area (Å²) < 4.78 is 32.2. The maximum atomic E-state index is 13.7. The molecule has 0 aliphatic carbocycles. The summed E-state index contributed by atoms with van der Waals surface area (Å²) in [6, 6.07) is 8.48. The Bertz CT molecular complexity index is 750. The fourth-order valence-electron chi connectivity index (χ4n) is 2.91. The largest absolute Gasteiger partial charge is 0.487 e. The van der Waals surface area contributed by atoms with Gasteiger partial charge in [-0.25, -0.2) is 13.6 Å². The first-order valence-corrected chi connectivity index (χ1v) is 8.61. The molecule has 0 radical (unpaired) electrons. The number of amides is 2. The second kappa shape index (κ2) is 8.12. The fourth-order valence-corrected chi connectivity index (χ4v) is 2.91. The van der Waals surface area contributed by atoms with Crippen molar-refractivity contribution in [1.82, 2.24) is 15.2 Å². The summed E-state index contributed by atoms with van der Waals surface area (Å²) in [7, 11) is 0. The van der Waals surface area contributed by atoms with E-state index >= 15 is 0 Å². The predicted molar refractivity (Wildman–Crippen MR) is 92.8 cm³/mol. The zero-order valence-electron chi connectivity index (χ0n) is 14.5. The first-order valence-electron chi connectivity index (χ1n) is 8.61. The quantitative estimate of drug-likeness (QED) is 0.904. The number of carbonyl (C=O) groups is 1. The predicted octanol–water partition coefficient (Wildman–Crippen LogP) is 3.67. The monoisotopic (exact) mass is 361 g/mol. The lowest BCUT2D eigenvalue weighted by Crippen LogP contribution is -2.47. The molecule has 1 N–H and O–H groups in total. The van der Waals surface area contributed by atoms with Crippen LogP contribution in [0, 0.1) is 11.6 Å². The molecule has 0 bridgehead atoms. The number of carbonyl (C=O) groups excluding carboxylic acids is 1. The average molecular weight is 361 g/mol. The third-order valence-electron chi connectivity index (χ3n) is 4.39. The lowest BCUT2D eigenvalue weighted by atomic mass is 10.1. The molecule has 1 aliphatic rings. The molecule has 5 nitrogen and oxygen atoms in total. The molecule has 138 valence electrons. The SMILES string of the molecule is CC(NC(=O)N1CCC(Oc2ccc(F)cc2F)CC1)c1ccccn1. The molecular formula is C19H21F2N3O2. The summed E-state index contributed by atoms with van der Waals surface area (Å²) in [4.78, 5) is 18.3. The minimum absolute atomic E-state index is 0.0399. The summed E-state index contributed by atoms with van der Waals surface area (Å²) >= 11 is 0. The highest BCUT2D eigenvalue weighted by molar-refractivity contribution is 5.74. The number of urea groups is 1. The van der Waals surface area contributed by atoms with Crippen LogP contribution in [0.25, 0.3) is 0 Å². The Balaban J connectivity index is 1.49. The van der Waals surface area contributed by atoms with Crippen molar-refractivity contribution in [2.75, 3.05) is 13.1 Å². The van der Waals surface area contributed by atoms with E-state index in [9.17, 15) is 13.6 Å². The first-order chi connectivity index (χ1) is 12.5. The molecule has 2 aromatic rings. The van der Waals surface area contributed by atoms with Gasteiger partial charge in [0.1, 0.15) is 11.9 Å². The summed E-state index contributed by atoms with van der Waals surface area (Å²) in [5, 5.41) is 2.93. The van der Waals surface area contributed by atoms with Crippen LogP contribution in [0.4, 0.5) is 13.6 Å². The van der Waals surface area contributed by atoms with E-state index in [1.807, 2.05) is 25.1 Å². The third kappa shape index (κ3) is 4.47. The standard InChI is InChI=1S/C19H21F2N3O2/c1-13(17-4-2-3-9-22-17)23-19(25)24-10-7-15(8-11-24)26-18-6-5-14(20)12-16(18)21/h2-6,9,12-13,15H,7-8,10-11H2,1H3,(H,23,25). The molecule has 7 heteroatoms. The highest BCUT2D eigenvalue weighted by Gasteiger charge is 2.25. The van der Waals surface area contributed by atoms with Crippen molar-refractivity contribution >= 4 is 6.03 Å². The number of aromatic nitrogens is 1. The van der Waals surface area contributed by atoms with E-state index in [1.54, 1.807) is 11.1 Å². The van der Waals surface area contributed by atoms with Gasteiger partial charge in [0, 0.05) is 38.2 Å². The molecule has 3 rings (SSSR count). The summed E-state index contributed by atoms with van der Waals surface area (Å²) in [5.41, 5.74) is 0.797. The van der Waals surface area contributed by atoms with Crippen LogP contribution in [-0.4, -0.2) is 35.1 Å². The number of pyridine rings is 1. The Morgan fingerprint density at radius 3 is 2.69 bits per heavy atom. The van der Waals surface area contributed by atoms with Crippen molar-refractivity contribution in [1.29, 1.82) is 0 Å². The Morgan fingerprint density at radius 1 is 1.27 bits per heavy atom. The molecule has 1 aromatic heterocycles. The van der Waals surface area contributed by atoms with Gasteiger partial charge in [-0.3, -0.25) is 4.98 Å². The molecular weight excluding hydrogens is 340 g/mol. The van der Waals surface area contributed by atoms with Gasteiger partial charge in [0.05, 0.1) is 11.7 Å². The van der Waals surface area contributed by atoms with Gasteiger partial charge >= 0.3 is 6.03 Å². The number of halogens is 2. The van der Waals surface area contributed by atoms with Crippen molar-refractivity contribution in [3.8, 4) is 5.75 Å². The van der Waals surface area contributed by atoms with E-state index in [1.165, 1.54) is 12.1 Å². The highest BCUT2D eigenvalue weighted by atomic mass is 19.1. The molecule has 1 aliphatic heterocycles. The van der Waals surface area contributed by atoms with E-state index in [0.717, 1.165) is 11.8 Å². The number of rotatable bonds is 4. The summed E-state index contributed by atoms with van der Waals surface area (Å²) in [6.07, 6.45) is 2.66. The fraction of sp³-hybridized carbons (Fsp3) is 0.368. The van der Waals surface area contributed by atoms with Gasteiger partial charge in [0.2, 0.25) is 0 Å². The molecule has 2 heterocycles. The molecule has 0 spiro atoms. The number of nitrogens with zero attached hydrogens (tertiary/aromatic N) is 2. The molecule has 1 saturated heterocycles. The molecule has 1 fully saturated rings. The number of ether oxygens (including phenoxy) is 1. The second-order valence-corrected chi connectivity index (χ2v) is 6.30. The topological polar surface area (TPSA) is 54.5 Å². The maximum Gasteiger partial charge on any atom is 0.317 e. The van der Waals surface area contributed by atoms with Crippen molar-refractivity contribution in [3.63, 3.8) is 0 Å². The zero-order chi connectivity index (χ0) is 18.5. The lowest BCUT2D eigenvalue weighted by molar-refractivity contribution is 0.106. The van der Waals surface area contributed by atoms with Crippen molar-refractivity contribution in [2.24, 2.45) is 0 Å².